The van der Waals surface area contributed by atoms with Crippen molar-refractivity contribution >= 4 is 33.4 Å². The van der Waals surface area contributed by atoms with Crippen LogP contribution in [0.2, 0.25) is 0 Å². The van der Waals surface area contributed by atoms with Crippen LogP contribution >= 0.6 is 15.9 Å². The average molecular weight is 375 g/mol. The smallest absolute Gasteiger partial charge is 0.255 e. The normalized spacial score (nSPS) is 10.2. The molecule has 0 saturated carbocycles. The van der Waals surface area contributed by atoms with Crippen LogP contribution < -0.4 is 10.6 Å². The van der Waals surface area contributed by atoms with Crippen LogP contribution in [-0.2, 0) is 0 Å². The predicted molar refractivity (Wildman–Crippen MR) is 95.8 cm³/mol. The lowest BCUT2D eigenvalue weighted by atomic mass is 10.1. The van der Waals surface area contributed by atoms with Gasteiger partial charge >= 0.3 is 0 Å². The molecule has 0 heterocycles. The van der Waals surface area contributed by atoms with E-state index in [2.05, 4.69) is 33.5 Å². The summed E-state index contributed by atoms with van der Waals surface area (Å²) in [6, 6.07) is 14.1. The van der Waals surface area contributed by atoms with Crippen molar-refractivity contribution in [3.8, 4) is 0 Å². The van der Waals surface area contributed by atoms with Crippen molar-refractivity contribution < 1.29 is 9.59 Å². The molecule has 0 radical (unpaired) electrons. The van der Waals surface area contributed by atoms with Crippen LogP contribution in [0.15, 0.2) is 53.0 Å². The van der Waals surface area contributed by atoms with Gasteiger partial charge in [0.15, 0.2) is 0 Å². The van der Waals surface area contributed by atoms with E-state index in [4.69, 9.17) is 0 Å². The Morgan fingerprint density at radius 3 is 2.39 bits per heavy atom. The molecule has 2 amide bonds. The molecule has 2 rings (SSSR count). The van der Waals surface area contributed by atoms with Crippen LogP contribution in [0.3, 0.4) is 0 Å². The summed E-state index contributed by atoms with van der Waals surface area (Å²) in [7, 11) is 0. The summed E-state index contributed by atoms with van der Waals surface area (Å²) in [5.41, 5.74) is 1.51. The third-order valence-corrected chi connectivity index (χ3v) is 3.87. The largest absolute Gasteiger partial charge is 0.352 e. The molecule has 0 aliphatic rings. The van der Waals surface area contributed by atoms with Gasteiger partial charge in [0.2, 0.25) is 0 Å². The fourth-order valence-electron chi connectivity index (χ4n) is 2.06. The fraction of sp³-hybridized carbons (Fsp3) is 0.222. The number of halogens is 1. The lowest BCUT2D eigenvalue weighted by Gasteiger charge is -2.11. The summed E-state index contributed by atoms with van der Waals surface area (Å²) in [5, 5.41) is 5.67. The number of carbonyl (C=O) groups is 2. The summed E-state index contributed by atoms with van der Waals surface area (Å²) in [6.45, 7) is 2.70. The van der Waals surface area contributed by atoms with Crippen LogP contribution in [0.25, 0.3) is 0 Å². The van der Waals surface area contributed by atoms with Gasteiger partial charge < -0.3 is 10.6 Å². The van der Waals surface area contributed by atoms with Crippen molar-refractivity contribution in [3.05, 3.63) is 64.1 Å². The number of para-hydroxylation sites is 1. The molecular formula is C18H19BrN2O2. The van der Waals surface area contributed by atoms with E-state index in [0.29, 0.717) is 23.4 Å². The first-order valence-corrected chi connectivity index (χ1v) is 8.35. The number of nitrogens with one attached hydrogen (secondary N) is 2. The minimum absolute atomic E-state index is 0.176. The molecule has 0 unspecified atom stereocenters. The summed E-state index contributed by atoms with van der Waals surface area (Å²) in [4.78, 5) is 24.5. The van der Waals surface area contributed by atoms with E-state index in [1.54, 1.807) is 48.5 Å². The SMILES string of the molecule is CCCCNC(=O)c1ccccc1NC(=O)c1ccc(Br)cc1. The van der Waals surface area contributed by atoms with Gasteiger partial charge in [-0.15, -0.1) is 0 Å². The first kappa shape index (κ1) is 17.2. The molecule has 23 heavy (non-hydrogen) atoms. The molecule has 0 bridgehead atoms. The molecule has 120 valence electrons. The minimum Gasteiger partial charge on any atom is -0.352 e. The second-order valence-corrected chi connectivity index (χ2v) is 6.03. The Balaban J connectivity index is 2.12. The number of benzene rings is 2. The first-order valence-electron chi connectivity index (χ1n) is 7.56. The Hall–Kier alpha value is -2.14. The maximum Gasteiger partial charge on any atom is 0.255 e. The third-order valence-electron chi connectivity index (χ3n) is 3.34. The number of hydrogen-bond donors (Lipinski definition) is 2. The Labute approximate surface area is 144 Å². The second-order valence-electron chi connectivity index (χ2n) is 5.12. The van der Waals surface area contributed by atoms with E-state index in [1.807, 2.05) is 0 Å². The minimum atomic E-state index is -0.244. The zero-order chi connectivity index (χ0) is 16.7. The van der Waals surface area contributed by atoms with Crippen molar-refractivity contribution in [1.29, 1.82) is 0 Å². The van der Waals surface area contributed by atoms with Crippen LogP contribution in [0.4, 0.5) is 5.69 Å². The zero-order valence-electron chi connectivity index (χ0n) is 12.9. The number of anilines is 1. The van der Waals surface area contributed by atoms with Gasteiger partial charge in [-0.1, -0.05) is 41.4 Å². The number of unbranched alkanes of at least 4 members (excludes halogenated alkanes) is 1. The van der Waals surface area contributed by atoms with Gasteiger partial charge in [0.05, 0.1) is 11.3 Å². The van der Waals surface area contributed by atoms with E-state index in [0.717, 1.165) is 17.3 Å². The van der Waals surface area contributed by atoms with E-state index in [-0.39, 0.29) is 11.8 Å². The highest BCUT2D eigenvalue weighted by Gasteiger charge is 2.13. The molecule has 0 aliphatic heterocycles. The fourth-order valence-corrected chi connectivity index (χ4v) is 2.32. The summed E-state index contributed by atoms with van der Waals surface area (Å²) < 4.78 is 0.907. The molecule has 2 aromatic rings. The van der Waals surface area contributed by atoms with Crippen LogP contribution in [0.5, 0.6) is 0 Å². The van der Waals surface area contributed by atoms with Crippen molar-refractivity contribution in [3.63, 3.8) is 0 Å². The molecule has 5 heteroatoms. The van der Waals surface area contributed by atoms with E-state index in [1.165, 1.54) is 0 Å². The summed E-state index contributed by atoms with van der Waals surface area (Å²) in [5.74, 6) is -0.420. The molecule has 4 nitrogen and oxygen atoms in total. The molecule has 2 N–H and O–H groups in total. The monoisotopic (exact) mass is 374 g/mol. The lowest BCUT2D eigenvalue weighted by molar-refractivity contribution is 0.0954. The van der Waals surface area contributed by atoms with Crippen molar-refractivity contribution in [1.82, 2.24) is 5.32 Å². The molecule has 0 spiro atoms. The highest BCUT2D eigenvalue weighted by Crippen LogP contribution is 2.17. The zero-order valence-corrected chi connectivity index (χ0v) is 14.5. The third kappa shape index (κ3) is 4.93. The Kier molecular flexibility index (Phi) is 6.35. The van der Waals surface area contributed by atoms with E-state index < -0.39 is 0 Å². The van der Waals surface area contributed by atoms with Crippen LogP contribution in [-0.4, -0.2) is 18.4 Å². The summed E-state index contributed by atoms with van der Waals surface area (Å²) in [6.07, 6.45) is 1.95. The van der Waals surface area contributed by atoms with Gasteiger partial charge in [0.25, 0.3) is 11.8 Å². The molecule has 0 fully saturated rings. The first-order chi connectivity index (χ1) is 11.1. The molecule has 0 saturated heterocycles. The number of hydrogen-bond acceptors (Lipinski definition) is 2. The maximum absolute atomic E-state index is 12.3. The topological polar surface area (TPSA) is 58.2 Å². The molecule has 2 aromatic carbocycles. The number of carbonyl (C=O) groups excluding carboxylic acids is 2. The van der Waals surface area contributed by atoms with Gasteiger partial charge in [0, 0.05) is 16.6 Å². The van der Waals surface area contributed by atoms with Crippen LogP contribution in [0, 0.1) is 0 Å². The van der Waals surface area contributed by atoms with E-state index in [9.17, 15) is 9.59 Å². The standard InChI is InChI=1S/C18H19BrN2O2/c1-2-3-12-20-18(23)15-6-4-5-7-16(15)21-17(22)13-8-10-14(19)11-9-13/h4-11H,2-3,12H2,1H3,(H,20,23)(H,21,22). The Morgan fingerprint density at radius 2 is 1.70 bits per heavy atom. The van der Waals surface area contributed by atoms with E-state index >= 15 is 0 Å². The highest BCUT2D eigenvalue weighted by molar-refractivity contribution is 9.10. The molecule has 0 aromatic heterocycles. The van der Waals surface area contributed by atoms with Gasteiger partial charge in [0.1, 0.15) is 0 Å². The van der Waals surface area contributed by atoms with Crippen molar-refractivity contribution in [2.24, 2.45) is 0 Å². The number of rotatable bonds is 6. The van der Waals surface area contributed by atoms with Gasteiger partial charge in [-0.3, -0.25) is 9.59 Å². The van der Waals surface area contributed by atoms with Crippen molar-refractivity contribution in [2.45, 2.75) is 19.8 Å². The summed E-state index contributed by atoms with van der Waals surface area (Å²) >= 11 is 3.34. The quantitative estimate of drug-likeness (QED) is 0.743. The van der Waals surface area contributed by atoms with Gasteiger partial charge in [-0.25, -0.2) is 0 Å². The molecule has 0 aliphatic carbocycles. The lowest BCUT2D eigenvalue weighted by Crippen LogP contribution is -2.26. The van der Waals surface area contributed by atoms with Crippen molar-refractivity contribution in [2.75, 3.05) is 11.9 Å². The van der Waals surface area contributed by atoms with Gasteiger partial charge in [-0.05, 0) is 42.8 Å². The number of amides is 2. The average Bonchev–Trinajstić information content (AvgIpc) is 2.56. The second kappa shape index (κ2) is 8.48. The van der Waals surface area contributed by atoms with Gasteiger partial charge in [-0.2, -0.15) is 0 Å². The maximum atomic E-state index is 12.3. The molecule has 0 atom stereocenters. The predicted octanol–water partition coefficient (Wildman–Crippen LogP) is 4.23. The van der Waals surface area contributed by atoms with Crippen LogP contribution in [0.1, 0.15) is 40.5 Å². The Morgan fingerprint density at radius 1 is 1.00 bits per heavy atom. The molecular weight excluding hydrogens is 356 g/mol. The Bertz CT molecular complexity index is 684. The highest BCUT2D eigenvalue weighted by atomic mass is 79.9.